The van der Waals surface area contributed by atoms with Crippen LogP contribution in [0.4, 0.5) is 5.69 Å². The molecule has 2 unspecified atom stereocenters. The number of nitrogens with zero attached hydrogens (tertiary/aromatic N) is 4. The van der Waals surface area contributed by atoms with Crippen molar-refractivity contribution in [1.82, 2.24) is 20.2 Å². The number of hydrogen-bond acceptors (Lipinski definition) is 6. The van der Waals surface area contributed by atoms with Crippen molar-refractivity contribution < 1.29 is 13.4 Å². The number of fused-ring (bicyclic) bond motifs is 1. The lowest BCUT2D eigenvalue weighted by Gasteiger charge is -2.42. The van der Waals surface area contributed by atoms with E-state index in [0.717, 1.165) is 11.3 Å². The SMILES string of the molecule is O=S(O)NN1CCN(c2ccccc2)C(c2ccc(Cl)c3nonc23)C1. The molecule has 1 aliphatic heterocycles. The summed E-state index contributed by atoms with van der Waals surface area (Å²) in [5, 5.41) is 10.1. The van der Waals surface area contributed by atoms with Gasteiger partial charge < -0.3 is 4.90 Å². The molecule has 0 radical (unpaired) electrons. The highest BCUT2D eigenvalue weighted by Gasteiger charge is 2.31. The van der Waals surface area contributed by atoms with Crippen molar-refractivity contribution >= 4 is 39.6 Å². The van der Waals surface area contributed by atoms with Crippen molar-refractivity contribution in [2.45, 2.75) is 6.04 Å². The molecule has 1 saturated heterocycles. The summed E-state index contributed by atoms with van der Waals surface area (Å²) in [5.74, 6) is 0. The molecule has 0 spiro atoms. The van der Waals surface area contributed by atoms with Gasteiger partial charge in [-0.2, -0.15) is 0 Å². The fraction of sp³-hybridized carbons (Fsp3) is 0.250. The van der Waals surface area contributed by atoms with Gasteiger partial charge in [0.05, 0.1) is 11.1 Å². The summed E-state index contributed by atoms with van der Waals surface area (Å²) >= 11 is 4.06. The van der Waals surface area contributed by atoms with Gasteiger partial charge in [0.15, 0.2) is 5.52 Å². The number of para-hydroxylation sites is 1. The Morgan fingerprint density at radius 1 is 1.15 bits per heavy atom. The van der Waals surface area contributed by atoms with Crippen molar-refractivity contribution in [3.8, 4) is 0 Å². The molecule has 0 saturated carbocycles. The molecule has 26 heavy (non-hydrogen) atoms. The van der Waals surface area contributed by atoms with Crippen molar-refractivity contribution in [2.75, 3.05) is 24.5 Å². The number of anilines is 1. The minimum Gasteiger partial charge on any atom is -0.362 e. The summed E-state index contributed by atoms with van der Waals surface area (Å²) in [5.41, 5.74) is 3.05. The van der Waals surface area contributed by atoms with Crippen molar-refractivity contribution in [3.63, 3.8) is 0 Å². The van der Waals surface area contributed by atoms with Gasteiger partial charge in [0.1, 0.15) is 5.52 Å². The standard InChI is InChI=1S/C16H16ClN5O3S/c17-13-7-6-12(15-16(13)19-25-18-15)14-10-21(20-26(23)24)8-9-22(14)11-4-2-1-3-5-11/h1-7,14,20H,8-10H2,(H,23,24). The van der Waals surface area contributed by atoms with Crippen LogP contribution in [0.15, 0.2) is 47.1 Å². The number of aromatic nitrogens is 2. The van der Waals surface area contributed by atoms with E-state index in [1.165, 1.54) is 0 Å². The third kappa shape index (κ3) is 3.31. The van der Waals surface area contributed by atoms with Crippen LogP contribution in [0.1, 0.15) is 11.6 Å². The van der Waals surface area contributed by atoms with Crippen LogP contribution in [0.3, 0.4) is 0 Å². The normalized spacial score (nSPS) is 19.8. The summed E-state index contributed by atoms with van der Waals surface area (Å²) < 4.78 is 25.2. The zero-order chi connectivity index (χ0) is 18.1. The third-order valence-electron chi connectivity index (χ3n) is 4.43. The maximum atomic E-state index is 11.2. The monoisotopic (exact) mass is 393 g/mol. The van der Waals surface area contributed by atoms with E-state index >= 15 is 0 Å². The average molecular weight is 394 g/mol. The zero-order valence-electron chi connectivity index (χ0n) is 13.6. The van der Waals surface area contributed by atoms with Crippen molar-refractivity contribution in [3.05, 3.63) is 53.1 Å². The molecule has 136 valence electrons. The summed E-state index contributed by atoms with van der Waals surface area (Å²) in [6.45, 7) is 1.73. The Hall–Kier alpha value is -2.04. The first kappa shape index (κ1) is 17.4. The van der Waals surface area contributed by atoms with Crippen molar-refractivity contribution in [1.29, 1.82) is 0 Å². The second-order valence-corrected chi connectivity index (χ2v) is 7.02. The van der Waals surface area contributed by atoms with Gasteiger partial charge in [0, 0.05) is 30.9 Å². The van der Waals surface area contributed by atoms with Gasteiger partial charge in [-0.3, -0.25) is 4.55 Å². The Bertz CT molecular complexity index is 938. The smallest absolute Gasteiger partial charge is 0.246 e. The van der Waals surface area contributed by atoms with Crippen LogP contribution in [0.25, 0.3) is 11.0 Å². The minimum absolute atomic E-state index is 0.131. The van der Waals surface area contributed by atoms with Gasteiger partial charge in [-0.15, -0.1) is 4.83 Å². The maximum Gasteiger partial charge on any atom is 0.246 e. The highest BCUT2D eigenvalue weighted by molar-refractivity contribution is 7.77. The summed E-state index contributed by atoms with van der Waals surface area (Å²) in [6.07, 6.45) is 0. The number of nitrogens with one attached hydrogen (secondary N) is 1. The lowest BCUT2D eigenvalue weighted by Crippen LogP contribution is -2.53. The predicted molar refractivity (Wildman–Crippen MR) is 98.8 cm³/mol. The van der Waals surface area contributed by atoms with Gasteiger partial charge in [-0.05, 0) is 28.5 Å². The lowest BCUT2D eigenvalue weighted by molar-refractivity contribution is 0.194. The maximum absolute atomic E-state index is 11.2. The van der Waals surface area contributed by atoms with E-state index in [9.17, 15) is 8.76 Å². The quantitative estimate of drug-likeness (QED) is 0.657. The number of hydrazine groups is 1. The topological polar surface area (TPSA) is 94.7 Å². The van der Waals surface area contributed by atoms with Gasteiger partial charge in [-0.25, -0.2) is 13.8 Å². The molecule has 0 aliphatic carbocycles. The van der Waals surface area contributed by atoms with E-state index < -0.39 is 11.3 Å². The summed E-state index contributed by atoms with van der Waals surface area (Å²) in [4.78, 5) is 4.79. The van der Waals surface area contributed by atoms with E-state index in [1.54, 1.807) is 11.1 Å². The molecule has 1 fully saturated rings. The van der Waals surface area contributed by atoms with Crippen LogP contribution in [0.2, 0.25) is 5.02 Å². The zero-order valence-corrected chi connectivity index (χ0v) is 15.2. The molecule has 0 amide bonds. The fourth-order valence-corrected chi connectivity index (χ4v) is 3.87. The van der Waals surface area contributed by atoms with Crippen molar-refractivity contribution in [2.24, 2.45) is 0 Å². The average Bonchev–Trinajstić information content (AvgIpc) is 3.13. The Morgan fingerprint density at radius 2 is 1.92 bits per heavy atom. The van der Waals surface area contributed by atoms with E-state index in [1.807, 2.05) is 36.4 Å². The molecule has 0 bridgehead atoms. The van der Waals surface area contributed by atoms with Crippen LogP contribution >= 0.6 is 11.6 Å². The van der Waals surface area contributed by atoms with E-state index in [0.29, 0.717) is 35.7 Å². The van der Waals surface area contributed by atoms with E-state index in [2.05, 4.69) is 20.0 Å². The molecular formula is C16H16ClN5O3S. The van der Waals surface area contributed by atoms with Crippen LogP contribution in [-0.4, -0.2) is 43.7 Å². The van der Waals surface area contributed by atoms with Gasteiger partial charge in [-0.1, -0.05) is 35.9 Å². The first-order chi connectivity index (χ1) is 12.6. The van der Waals surface area contributed by atoms with Gasteiger partial charge in [0.25, 0.3) is 0 Å². The summed E-state index contributed by atoms with van der Waals surface area (Å²) in [7, 11) is 0. The van der Waals surface area contributed by atoms with Crippen LogP contribution in [0.5, 0.6) is 0 Å². The lowest BCUT2D eigenvalue weighted by atomic mass is 10.0. The molecule has 2 heterocycles. The van der Waals surface area contributed by atoms with Gasteiger partial charge >= 0.3 is 0 Å². The van der Waals surface area contributed by atoms with Crippen LogP contribution in [0, 0.1) is 0 Å². The number of piperazine rings is 1. The molecule has 10 heteroatoms. The Kier molecular flexibility index (Phi) is 4.88. The fourth-order valence-electron chi connectivity index (χ4n) is 3.30. The molecule has 1 aromatic heterocycles. The third-order valence-corrected chi connectivity index (χ3v) is 5.15. The molecule has 4 rings (SSSR count). The van der Waals surface area contributed by atoms with Gasteiger partial charge in [0.2, 0.25) is 11.3 Å². The molecule has 8 nitrogen and oxygen atoms in total. The number of hydrogen-bond donors (Lipinski definition) is 2. The highest BCUT2D eigenvalue weighted by Crippen LogP contribution is 2.35. The van der Waals surface area contributed by atoms with E-state index in [4.69, 9.17) is 16.2 Å². The highest BCUT2D eigenvalue weighted by atomic mass is 35.5. The number of halogens is 1. The Morgan fingerprint density at radius 3 is 2.69 bits per heavy atom. The molecule has 2 aromatic carbocycles. The molecule has 2 N–H and O–H groups in total. The number of benzene rings is 2. The molecule has 2 atom stereocenters. The first-order valence-electron chi connectivity index (χ1n) is 7.98. The van der Waals surface area contributed by atoms with Crippen LogP contribution in [-0.2, 0) is 11.3 Å². The Balaban J connectivity index is 1.77. The molecule has 3 aromatic rings. The second kappa shape index (κ2) is 7.29. The van der Waals surface area contributed by atoms with Crippen LogP contribution < -0.4 is 9.73 Å². The Labute approximate surface area is 157 Å². The first-order valence-corrected chi connectivity index (χ1v) is 9.46. The minimum atomic E-state index is -2.12. The molecule has 1 aliphatic rings. The predicted octanol–water partition coefficient (Wildman–Crippen LogP) is 2.38. The number of rotatable bonds is 4. The largest absolute Gasteiger partial charge is 0.362 e. The summed E-state index contributed by atoms with van der Waals surface area (Å²) in [6, 6.07) is 13.5. The van der Waals surface area contributed by atoms with E-state index in [-0.39, 0.29) is 6.04 Å². The molecular weight excluding hydrogens is 378 g/mol. The second-order valence-electron chi connectivity index (χ2n) is 5.93.